The first kappa shape index (κ1) is 18.1. The molecule has 1 aliphatic rings. The Balaban J connectivity index is 1.71. The molecule has 3 rings (SSSR count). The van der Waals surface area contributed by atoms with Gasteiger partial charge in [0.25, 0.3) is 0 Å². The van der Waals surface area contributed by atoms with Crippen molar-refractivity contribution in [3.63, 3.8) is 0 Å². The SMILES string of the molecule is CN(C(=O)CNS(=O)(=O)c1ccc2c(c1)CC(=O)N2C)c1ccccc1. The van der Waals surface area contributed by atoms with Crippen molar-refractivity contribution in [3.05, 3.63) is 54.1 Å². The van der Waals surface area contributed by atoms with Crippen LogP contribution in [0.15, 0.2) is 53.4 Å². The first-order valence-electron chi connectivity index (χ1n) is 8.00. The Morgan fingerprint density at radius 3 is 2.58 bits per heavy atom. The second-order valence-corrected chi connectivity index (χ2v) is 7.80. The van der Waals surface area contributed by atoms with E-state index in [0.29, 0.717) is 16.9 Å². The number of nitrogens with zero attached hydrogens (tertiary/aromatic N) is 2. The van der Waals surface area contributed by atoms with Gasteiger partial charge in [-0.2, -0.15) is 0 Å². The number of nitrogens with one attached hydrogen (secondary N) is 1. The molecular weight excluding hydrogens is 354 g/mol. The van der Waals surface area contributed by atoms with E-state index in [1.54, 1.807) is 44.4 Å². The number of anilines is 2. The number of carbonyl (C=O) groups is 2. The van der Waals surface area contributed by atoms with Gasteiger partial charge in [0, 0.05) is 25.5 Å². The molecule has 7 nitrogen and oxygen atoms in total. The summed E-state index contributed by atoms with van der Waals surface area (Å²) in [7, 11) is -0.617. The molecule has 2 amide bonds. The van der Waals surface area contributed by atoms with Crippen molar-refractivity contribution in [2.24, 2.45) is 0 Å². The van der Waals surface area contributed by atoms with Gasteiger partial charge >= 0.3 is 0 Å². The second kappa shape index (κ2) is 6.89. The van der Waals surface area contributed by atoms with Gasteiger partial charge in [0.1, 0.15) is 0 Å². The number of fused-ring (bicyclic) bond motifs is 1. The molecule has 0 aromatic heterocycles. The third kappa shape index (κ3) is 3.47. The van der Waals surface area contributed by atoms with Crippen LogP contribution in [0.5, 0.6) is 0 Å². The number of rotatable bonds is 5. The predicted molar refractivity (Wildman–Crippen MR) is 98.6 cm³/mol. The number of hydrogen-bond acceptors (Lipinski definition) is 4. The summed E-state index contributed by atoms with van der Waals surface area (Å²) in [6, 6.07) is 13.5. The summed E-state index contributed by atoms with van der Waals surface area (Å²) < 4.78 is 27.3. The van der Waals surface area contributed by atoms with Crippen LogP contribution >= 0.6 is 0 Å². The fraction of sp³-hybridized carbons (Fsp3) is 0.222. The van der Waals surface area contributed by atoms with Crippen molar-refractivity contribution in [2.75, 3.05) is 30.4 Å². The van der Waals surface area contributed by atoms with Crippen molar-refractivity contribution < 1.29 is 18.0 Å². The Morgan fingerprint density at radius 2 is 1.88 bits per heavy atom. The molecule has 0 saturated carbocycles. The highest BCUT2D eigenvalue weighted by Crippen LogP contribution is 2.29. The lowest BCUT2D eigenvalue weighted by atomic mass is 10.2. The van der Waals surface area contributed by atoms with Gasteiger partial charge in [-0.05, 0) is 35.9 Å². The van der Waals surface area contributed by atoms with Crippen LogP contribution in [0.4, 0.5) is 11.4 Å². The quantitative estimate of drug-likeness (QED) is 0.852. The van der Waals surface area contributed by atoms with E-state index < -0.39 is 10.0 Å². The third-order valence-corrected chi connectivity index (χ3v) is 5.77. The number of sulfonamides is 1. The maximum Gasteiger partial charge on any atom is 0.241 e. The minimum absolute atomic E-state index is 0.0366. The highest BCUT2D eigenvalue weighted by Gasteiger charge is 2.26. The van der Waals surface area contributed by atoms with Crippen LogP contribution in [0.1, 0.15) is 5.56 Å². The van der Waals surface area contributed by atoms with Crippen molar-refractivity contribution in [1.82, 2.24) is 4.72 Å². The lowest BCUT2D eigenvalue weighted by Gasteiger charge is -2.17. The number of hydrogen-bond donors (Lipinski definition) is 1. The van der Waals surface area contributed by atoms with Crippen LogP contribution in [0.2, 0.25) is 0 Å². The van der Waals surface area contributed by atoms with Gasteiger partial charge in [0.15, 0.2) is 0 Å². The molecule has 2 aromatic rings. The van der Waals surface area contributed by atoms with E-state index in [1.165, 1.54) is 21.9 Å². The Kier molecular flexibility index (Phi) is 4.80. The van der Waals surface area contributed by atoms with E-state index in [1.807, 2.05) is 6.07 Å². The number of para-hydroxylation sites is 1. The lowest BCUT2D eigenvalue weighted by molar-refractivity contribution is -0.117. The smallest absolute Gasteiger partial charge is 0.241 e. The van der Waals surface area contributed by atoms with Crippen molar-refractivity contribution >= 4 is 33.2 Å². The standard InChI is InChI=1S/C18H19N3O4S/c1-20(14-6-4-3-5-7-14)18(23)12-19-26(24,25)15-8-9-16-13(10-15)11-17(22)21(16)2/h3-10,19H,11-12H2,1-2H3. The van der Waals surface area contributed by atoms with Crippen molar-refractivity contribution in [1.29, 1.82) is 0 Å². The summed E-state index contributed by atoms with van der Waals surface area (Å²) in [5.41, 5.74) is 2.04. The van der Waals surface area contributed by atoms with Gasteiger partial charge in [-0.15, -0.1) is 0 Å². The molecule has 26 heavy (non-hydrogen) atoms. The third-order valence-electron chi connectivity index (χ3n) is 4.37. The van der Waals surface area contributed by atoms with E-state index in [-0.39, 0.29) is 29.7 Å². The molecule has 0 fully saturated rings. The van der Waals surface area contributed by atoms with Crippen LogP contribution in [-0.2, 0) is 26.0 Å². The normalized spacial score (nSPS) is 13.6. The van der Waals surface area contributed by atoms with Gasteiger partial charge < -0.3 is 9.80 Å². The average Bonchev–Trinajstić information content (AvgIpc) is 2.93. The molecule has 2 aromatic carbocycles. The van der Waals surface area contributed by atoms with Gasteiger partial charge in [-0.1, -0.05) is 18.2 Å². The number of benzene rings is 2. The second-order valence-electron chi connectivity index (χ2n) is 6.03. The summed E-state index contributed by atoms with van der Waals surface area (Å²) in [6.45, 7) is -0.357. The Labute approximate surface area is 152 Å². The molecular formula is C18H19N3O4S. The van der Waals surface area contributed by atoms with Crippen LogP contribution in [0.25, 0.3) is 0 Å². The molecule has 1 N–H and O–H groups in total. The highest BCUT2D eigenvalue weighted by atomic mass is 32.2. The predicted octanol–water partition coefficient (Wildman–Crippen LogP) is 1.15. The van der Waals surface area contributed by atoms with E-state index >= 15 is 0 Å². The van der Waals surface area contributed by atoms with Crippen LogP contribution in [-0.4, -0.2) is 40.9 Å². The number of likely N-dealkylation sites (N-methyl/N-ethyl adjacent to an activating group) is 2. The van der Waals surface area contributed by atoms with E-state index in [4.69, 9.17) is 0 Å². The minimum atomic E-state index is -3.85. The Morgan fingerprint density at radius 1 is 1.19 bits per heavy atom. The molecule has 0 spiro atoms. The Hall–Kier alpha value is -2.71. The lowest BCUT2D eigenvalue weighted by Crippen LogP contribution is -2.38. The molecule has 136 valence electrons. The van der Waals surface area contributed by atoms with Gasteiger partial charge in [0.2, 0.25) is 21.8 Å². The first-order chi connectivity index (χ1) is 12.3. The van der Waals surface area contributed by atoms with Crippen LogP contribution in [0.3, 0.4) is 0 Å². The molecule has 1 heterocycles. The molecule has 0 unspecified atom stereocenters. The first-order valence-corrected chi connectivity index (χ1v) is 9.48. The largest absolute Gasteiger partial charge is 0.315 e. The van der Waals surface area contributed by atoms with E-state index in [0.717, 1.165) is 0 Å². The monoisotopic (exact) mass is 373 g/mol. The summed E-state index contributed by atoms with van der Waals surface area (Å²) in [4.78, 5) is 26.9. The maximum absolute atomic E-state index is 12.5. The zero-order chi connectivity index (χ0) is 18.9. The summed E-state index contributed by atoms with van der Waals surface area (Å²) in [5, 5.41) is 0. The zero-order valence-electron chi connectivity index (χ0n) is 14.5. The zero-order valence-corrected chi connectivity index (χ0v) is 15.3. The molecule has 0 bridgehead atoms. The minimum Gasteiger partial charge on any atom is -0.315 e. The molecule has 1 aliphatic heterocycles. The van der Waals surface area contributed by atoms with Gasteiger partial charge in [0.05, 0.1) is 17.9 Å². The van der Waals surface area contributed by atoms with E-state index in [9.17, 15) is 18.0 Å². The van der Waals surface area contributed by atoms with Crippen LogP contribution < -0.4 is 14.5 Å². The van der Waals surface area contributed by atoms with Gasteiger partial charge in [-0.25, -0.2) is 13.1 Å². The molecule has 0 atom stereocenters. The fourth-order valence-electron chi connectivity index (χ4n) is 2.77. The Bertz CT molecular complexity index is 958. The van der Waals surface area contributed by atoms with Crippen LogP contribution in [0, 0.1) is 0 Å². The van der Waals surface area contributed by atoms with Crippen molar-refractivity contribution in [3.8, 4) is 0 Å². The van der Waals surface area contributed by atoms with Gasteiger partial charge in [-0.3, -0.25) is 9.59 Å². The topological polar surface area (TPSA) is 86.8 Å². The maximum atomic E-state index is 12.5. The summed E-state index contributed by atoms with van der Waals surface area (Å²) in [6.07, 6.45) is 0.171. The number of amides is 2. The molecule has 0 radical (unpaired) electrons. The molecule has 0 aliphatic carbocycles. The fourth-order valence-corrected chi connectivity index (χ4v) is 3.79. The number of carbonyl (C=O) groups excluding carboxylic acids is 2. The van der Waals surface area contributed by atoms with E-state index in [2.05, 4.69) is 4.72 Å². The summed E-state index contributed by atoms with van der Waals surface area (Å²) >= 11 is 0. The molecule has 0 saturated heterocycles. The average molecular weight is 373 g/mol. The highest BCUT2D eigenvalue weighted by molar-refractivity contribution is 7.89. The van der Waals surface area contributed by atoms with Crippen molar-refractivity contribution in [2.45, 2.75) is 11.3 Å². The summed E-state index contributed by atoms with van der Waals surface area (Å²) in [5.74, 6) is -0.460. The molecule has 8 heteroatoms.